The van der Waals surface area contributed by atoms with E-state index in [1.807, 2.05) is 35.2 Å². The van der Waals surface area contributed by atoms with Gasteiger partial charge in [0.15, 0.2) is 0 Å². The highest BCUT2D eigenvalue weighted by atomic mass is 16.2. The molecule has 1 aliphatic heterocycles. The highest BCUT2D eigenvalue weighted by Gasteiger charge is 2.22. The molecule has 1 N–H and O–H groups in total. The molecule has 3 aromatic rings. The van der Waals surface area contributed by atoms with Crippen LogP contribution in [0.25, 0.3) is 11.3 Å². The van der Waals surface area contributed by atoms with E-state index in [1.165, 1.54) is 6.20 Å². The van der Waals surface area contributed by atoms with Crippen LogP contribution in [0, 0.1) is 11.3 Å². The first-order valence-corrected chi connectivity index (χ1v) is 10.8. The monoisotopic (exact) mass is 440 g/mol. The van der Waals surface area contributed by atoms with E-state index in [0.717, 1.165) is 25.2 Å². The Labute approximate surface area is 192 Å². The molecule has 1 saturated heterocycles. The molecule has 2 heterocycles. The maximum absolute atomic E-state index is 13.0. The second-order valence-corrected chi connectivity index (χ2v) is 7.73. The zero-order valence-electron chi connectivity index (χ0n) is 18.1. The van der Waals surface area contributed by atoms with Crippen LogP contribution in [-0.4, -0.2) is 64.3 Å². The highest BCUT2D eigenvalue weighted by Crippen LogP contribution is 2.20. The van der Waals surface area contributed by atoms with Gasteiger partial charge in [-0.1, -0.05) is 30.3 Å². The number of carbonyl (C=O) groups excluding carboxylic acids is 2. The van der Waals surface area contributed by atoms with E-state index in [2.05, 4.69) is 26.3 Å². The predicted molar refractivity (Wildman–Crippen MR) is 124 cm³/mol. The summed E-state index contributed by atoms with van der Waals surface area (Å²) < 4.78 is 0. The Morgan fingerprint density at radius 1 is 1.00 bits per heavy atom. The topological polar surface area (TPSA) is 102 Å². The number of nitriles is 1. The van der Waals surface area contributed by atoms with Gasteiger partial charge in [0.25, 0.3) is 11.8 Å². The molecule has 4 rings (SSSR count). The number of benzene rings is 2. The first-order chi connectivity index (χ1) is 16.1. The van der Waals surface area contributed by atoms with Gasteiger partial charge in [-0.3, -0.25) is 19.5 Å². The van der Waals surface area contributed by atoms with E-state index in [4.69, 9.17) is 5.26 Å². The van der Waals surface area contributed by atoms with Crippen molar-refractivity contribution in [3.8, 4) is 17.3 Å². The number of rotatable bonds is 6. The fourth-order valence-electron chi connectivity index (χ4n) is 3.71. The molecule has 2 amide bonds. The summed E-state index contributed by atoms with van der Waals surface area (Å²) >= 11 is 0. The lowest BCUT2D eigenvalue weighted by molar-refractivity contribution is 0.0639. The molecule has 8 nitrogen and oxygen atoms in total. The quantitative estimate of drug-likeness (QED) is 0.632. The number of amides is 2. The van der Waals surface area contributed by atoms with E-state index in [1.54, 1.807) is 30.5 Å². The predicted octanol–water partition coefficient (Wildman–Crippen LogP) is 3.07. The van der Waals surface area contributed by atoms with Gasteiger partial charge in [-0.15, -0.1) is 0 Å². The van der Waals surface area contributed by atoms with Crippen LogP contribution in [0.15, 0.2) is 67.0 Å². The maximum Gasteiger partial charge on any atom is 0.275 e. The zero-order valence-corrected chi connectivity index (χ0v) is 18.1. The molecule has 1 aliphatic rings. The second-order valence-electron chi connectivity index (χ2n) is 7.73. The second kappa shape index (κ2) is 10.5. The normalized spacial score (nSPS) is 13.8. The number of hydrogen-bond acceptors (Lipinski definition) is 6. The van der Waals surface area contributed by atoms with E-state index in [0.29, 0.717) is 36.5 Å². The number of hydrogen-bond donors (Lipinski definition) is 1. The Kier molecular flexibility index (Phi) is 7.03. The minimum atomic E-state index is -0.350. The number of nitrogens with one attached hydrogen (secondary N) is 1. The SMILES string of the molecule is N#CCCN1CCN(C(=O)c2cccc(-c3cncc(C(=O)Nc4ccccc4)n3)c2)CC1. The summed E-state index contributed by atoms with van der Waals surface area (Å²) in [5.41, 5.74) is 2.68. The van der Waals surface area contributed by atoms with Crippen LogP contribution in [-0.2, 0) is 0 Å². The zero-order chi connectivity index (χ0) is 23.0. The Hall–Kier alpha value is -4.09. The molecular formula is C25H24N6O2. The molecule has 1 aromatic heterocycles. The number of carbonyl (C=O) groups is 2. The van der Waals surface area contributed by atoms with Crippen molar-refractivity contribution in [1.29, 1.82) is 5.26 Å². The van der Waals surface area contributed by atoms with Crippen LogP contribution < -0.4 is 5.32 Å². The number of piperazine rings is 1. The lowest BCUT2D eigenvalue weighted by Gasteiger charge is -2.34. The van der Waals surface area contributed by atoms with Gasteiger partial charge < -0.3 is 10.2 Å². The lowest BCUT2D eigenvalue weighted by Crippen LogP contribution is -2.48. The Balaban J connectivity index is 1.46. The number of para-hydroxylation sites is 1. The van der Waals surface area contributed by atoms with Crippen LogP contribution >= 0.6 is 0 Å². The summed E-state index contributed by atoms with van der Waals surface area (Å²) in [5, 5.41) is 11.5. The molecule has 8 heteroatoms. The third kappa shape index (κ3) is 5.59. The largest absolute Gasteiger partial charge is 0.336 e. The average molecular weight is 441 g/mol. The van der Waals surface area contributed by atoms with E-state index in [9.17, 15) is 9.59 Å². The first-order valence-electron chi connectivity index (χ1n) is 10.8. The Morgan fingerprint density at radius 2 is 1.79 bits per heavy atom. The van der Waals surface area contributed by atoms with Crippen molar-refractivity contribution in [3.63, 3.8) is 0 Å². The number of anilines is 1. The molecule has 0 radical (unpaired) electrons. The average Bonchev–Trinajstić information content (AvgIpc) is 2.88. The minimum Gasteiger partial charge on any atom is -0.336 e. The van der Waals surface area contributed by atoms with Crippen molar-refractivity contribution in [2.75, 3.05) is 38.0 Å². The van der Waals surface area contributed by atoms with Gasteiger partial charge in [0.2, 0.25) is 0 Å². The molecule has 1 fully saturated rings. The summed E-state index contributed by atoms with van der Waals surface area (Å²) in [6.45, 7) is 3.52. The molecule has 0 aliphatic carbocycles. The number of aromatic nitrogens is 2. The maximum atomic E-state index is 13.0. The summed E-state index contributed by atoms with van der Waals surface area (Å²) in [6, 6.07) is 18.5. The van der Waals surface area contributed by atoms with E-state index < -0.39 is 0 Å². The summed E-state index contributed by atoms with van der Waals surface area (Å²) in [5.74, 6) is -0.389. The van der Waals surface area contributed by atoms with Crippen molar-refractivity contribution < 1.29 is 9.59 Å². The Morgan fingerprint density at radius 3 is 2.55 bits per heavy atom. The van der Waals surface area contributed by atoms with Gasteiger partial charge in [-0.2, -0.15) is 5.26 Å². The van der Waals surface area contributed by atoms with Crippen molar-refractivity contribution >= 4 is 17.5 Å². The highest BCUT2D eigenvalue weighted by molar-refractivity contribution is 6.03. The summed E-state index contributed by atoms with van der Waals surface area (Å²) in [4.78, 5) is 38.3. The molecule has 0 bridgehead atoms. The molecule has 0 spiro atoms. The first kappa shape index (κ1) is 22.1. The van der Waals surface area contributed by atoms with Crippen LogP contribution in [0.4, 0.5) is 5.69 Å². The van der Waals surface area contributed by atoms with E-state index in [-0.39, 0.29) is 17.5 Å². The van der Waals surface area contributed by atoms with Crippen LogP contribution in [0.2, 0.25) is 0 Å². The fourth-order valence-corrected chi connectivity index (χ4v) is 3.71. The molecule has 0 saturated carbocycles. The Bertz CT molecular complexity index is 1170. The molecular weight excluding hydrogens is 416 g/mol. The smallest absolute Gasteiger partial charge is 0.275 e. The van der Waals surface area contributed by atoms with Crippen LogP contribution in [0.5, 0.6) is 0 Å². The van der Waals surface area contributed by atoms with E-state index >= 15 is 0 Å². The molecule has 166 valence electrons. The van der Waals surface area contributed by atoms with Gasteiger partial charge in [-0.25, -0.2) is 4.98 Å². The van der Waals surface area contributed by atoms with Crippen molar-refractivity contribution in [3.05, 3.63) is 78.2 Å². The van der Waals surface area contributed by atoms with Crippen LogP contribution in [0.3, 0.4) is 0 Å². The van der Waals surface area contributed by atoms with Crippen LogP contribution in [0.1, 0.15) is 27.3 Å². The summed E-state index contributed by atoms with van der Waals surface area (Å²) in [6.07, 6.45) is 3.50. The molecule has 33 heavy (non-hydrogen) atoms. The number of nitrogens with zero attached hydrogens (tertiary/aromatic N) is 5. The standard InChI is InChI=1S/C25H24N6O2/c26-10-5-11-30-12-14-31(15-13-30)25(33)20-7-4-6-19(16-20)22-17-27-18-23(29-22)24(32)28-21-8-2-1-3-9-21/h1-4,6-9,16-18H,5,11-15H2,(H,28,32). The van der Waals surface area contributed by atoms with Crippen molar-refractivity contribution in [2.24, 2.45) is 0 Å². The van der Waals surface area contributed by atoms with Crippen molar-refractivity contribution in [2.45, 2.75) is 6.42 Å². The van der Waals surface area contributed by atoms with Gasteiger partial charge in [-0.05, 0) is 24.3 Å². The molecule has 0 atom stereocenters. The van der Waals surface area contributed by atoms with Crippen molar-refractivity contribution in [1.82, 2.24) is 19.8 Å². The van der Waals surface area contributed by atoms with Gasteiger partial charge in [0.05, 0.1) is 24.2 Å². The molecule has 2 aromatic carbocycles. The van der Waals surface area contributed by atoms with Gasteiger partial charge in [0.1, 0.15) is 5.69 Å². The molecule has 0 unspecified atom stereocenters. The fraction of sp³-hybridized carbons (Fsp3) is 0.240. The minimum absolute atomic E-state index is 0.0392. The third-order valence-electron chi connectivity index (χ3n) is 5.50. The van der Waals surface area contributed by atoms with Gasteiger partial charge in [0, 0.05) is 56.0 Å². The third-order valence-corrected chi connectivity index (χ3v) is 5.50. The summed E-state index contributed by atoms with van der Waals surface area (Å²) in [7, 11) is 0. The van der Waals surface area contributed by atoms with Gasteiger partial charge >= 0.3 is 0 Å². The lowest BCUT2D eigenvalue weighted by atomic mass is 10.1.